The molecule has 0 spiro atoms. The zero-order valence-corrected chi connectivity index (χ0v) is 7.81. The van der Waals surface area contributed by atoms with Crippen LogP contribution in [0.4, 0.5) is 5.69 Å². The van der Waals surface area contributed by atoms with Crippen LogP contribution in [0.2, 0.25) is 0 Å². The quantitative estimate of drug-likeness (QED) is 0.624. The van der Waals surface area contributed by atoms with Gasteiger partial charge in [-0.1, -0.05) is 22.8 Å². The van der Waals surface area contributed by atoms with E-state index in [1.807, 2.05) is 30.3 Å². The molecule has 1 heterocycles. The van der Waals surface area contributed by atoms with E-state index in [9.17, 15) is 4.79 Å². The van der Waals surface area contributed by atoms with Gasteiger partial charge in [-0.05, 0) is 0 Å². The molecule has 0 aromatic heterocycles. The molecule has 0 atom stereocenters. The second-order valence-corrected chi connectivity index (χ2v) is 2.88. The van der Waals surface area contributed by atoms with E-state index in [1.54, 1.807) is 13.2 Å². The number of nitrogens with zero attached hydrogens (tertiary/aromatic N) is 1. The van der Waals surface area contributed by atoms with E-state index in [2.05, 4.69) is 0 Å². The average molecular weight is 188 g/mol. The third kappa shape index (κ3) is 1.33. The van der Waals surface area contributed by atoms with Crippen molar-refractivity contribution in [1.82, 2.24) is 0 Å². The maximum absolute atomic E-state index is 11.5. The number of hydrogen-bond donors (Lipinski definition) is 0. The third-order valence-corrected chi connectivity index (χ3v) is 2.03. The maximum atomic E-state index is 11.5. The summed E-state index contributed by atoms with van der Waals surface area (Å²) >= 11 is 0. The Labute approximate surface area is 81.9 Å². The van der Waals surface area contributed by atoms with Crippen molar-refractivity contribution in [3.05, 3.63) is 42.5 Å². The van der Waals surface area contributed by atoms with Crippen molar-refractivity contribution in [3.63, 3.8) is 0 Å². The summed E-state index contributed by atoms with van der Waals surface area (Å²) in [5.41, 5.74) is 0.819. The van der Waals surface area contributed by atoms with Crippen LogP contribution in [-0.2, 0) is 9.53 Å². The predicted molar refractivity (Wildman–Crippen MR) is 52.5 cm³/mol. The zero-order valence-electron chi connectivity index (χ0n) is 7.81. The van der Waals surface area contributed by atoms with Crippen LogP contribution in [0.5, 0.6) is 0 Å². The molecular weight excluding hydrogens is 178 g/mol. The summed E-state index contributed by atoms with van der Waals surface area (Å²) in [7, 11) is 1.55. The lowest BCUT2D eigenvalue weighted by atomic mass is 10.3. The van der Waals surface area contributed by atoms with Crippen LogP contribution in [0.25, 0.3) is 0 Å². The zero-order chi connectivity index (χ0) is 9.97. The molecule has 1 aromatic rings. The molecule has 2 rings (SSSR count). The number of carbonyl (C=O) groups is 1. The van der Waals surface area contributed by atoms with Gasteiger partial charge in [-0.2, -0.15) is 0 Å². The van der Waals surface area contributed by atoms with Crippen LogP contribution in [0.15, 0.2) is 42.5 Å². The molecular formula is C11H10NO2+. The minimum atomic E-state index is -0.0759. The summed E-state index contributed by atoms with van der Waals surface area (Å²) in [6.45, 7) is 0. The van der Waals surface area contributed by atoms with Crippen molar-refractivity contribution in [1.29, 1.82) is 0 Å². The highest BCUT2D eigenvalue weighted by Gasteiger charge is 2.29. The summed E-state index contributed by atoms with van der Waals surface area (Å²) in [4.78, 5) is 11.5. The predicted octanol–water partition coefficient (Wildman–Crippen LogP) is 1.47. The molecule has 70 valence electrons. The Morgan fingerprint density at radius 1 is 1.14 bits per heavy atom. The van der Waals surface area contributed by atoms with Crippen molar-refractivity contribution in [3.8, 4) is 0 Å². The van der Waals surface area contributed by atoms with Crippen LogP contribution in [0, 0.1) is 0 Å². The fourth-order valence-electron chi connectivity index (χ4n) is 1.39. The lowest BCUT2D eigenvalue weighted by Gasteiger charge is -1.96. The van der Waals surface area contributed by atoms with Crippen LogP contribution in [0.1, 0.15) is 0 Å². The molecule has 3 nitrogen and oxygen atoms in total. The van der Waals surface area contributed by atoms with E-state index in [1.165, 1.54) is 10.7 Å². The molecule has 0 saturated heterocycles. The third-order valence-electron chi connectivity index (χ3n) is 2.03. The fraction of sp³-hybridized carbons (Fsp3) is 0.0909. The Balaban J connectivity index is 2.49. The van der Waals surface area contributed by atoms with Gasteiger partial charge in [-0.15, -0.1) is 0 Å². The molecule has 0 aliphatic carbocycles. The second-order valence-electron chi connectivity index (χ2n) is 2.88. The van der Waals surface area contributed by atoms with Crippen LogP contribution < -0.4 is 0 Å². The van der Waals surface area contributed by atoms with E-state index in [-0.39, 0.29) is 5.91 Å². The SMILES string of the molecule is COC1=[N+](c2ccccc2)C(=O)C=C1. The van der Waals surface area contributed by atoms with Crippen LogP contribution >= 0.6 is 0 Å². The number of methoxy groups -OCH3 is 1. The van der Waals surface area contributed by atoms with Crippen molar-refractivity contribution in [2.24, 2.45) is 0 Å². The normalized spacial score (nSPS) is 15.1. The highest BCUT2D eigenvalue weighted by Crippen LogP contribution is 2.15. The molecule has 0 saturated carbocycles. The van der Waals surface area contributed by atoms with Crippen molar-refractivity contribution in [2.75, 3.05) is 7.11 Å². The number of hydrogen-bond acceptors (Lipinski definition) is 2. The molecule has 14 heavy (non-hydrogen) atoms. The van der Waals surface area contributed by atoms with E-state index in [4.69, 9.17) is 4.74 Å². The summed E-state index contributed by atoms with van der Waals surface area (Å²) in [5, 5.41) is 0. The molecule has 1 amide bonds. The van der Waals surface area contributed by atoms with Gasteiger partial charge in [0.25, 0.3) is 0 Å². The van der Waals surface area contributed by atoms with E-state index < -0.39 is 0 Å². The standard InChI is InChI=1S/C11H10NO2/c1-14-11-8-7-10(13)12(11)9-5-3-2-4-6-9/h2-8H,1H3/q+1. The maximum Gasteiger partial charge on any atom is 0.421 e. The molecule has 1 aromatic carbocycles. The first-order valence-corrected chi connectivity index (χ1v) is 4.31. The monoisotopic (exact) mass is 188 g/mol. The number of ether oxygens (including phenoxy) is 1. The van der Waals surface area contributed by atoms with Gasteiger partial charge in [-0.25, -0.2) is 4.79 Å². The van der Waals surface area contributed by atoms with E-state index in [0.717, 1.165) is 5.69 Å². The van der Waals surface area contributed by atoms with Gasteiger partial charge >= 0.3 is 11.8 Å². The highest BCUT2D eigenvalue weighted by atomic mass is 16.5. The first-order valence-electron chi connectivity index (χ1n) is 4.31. The minimum Gasteiger partial charge on any atom is -0.447 e. The first-order chi connectivity index (χ1) is 6.83. The molecule has 1 aliphatic rings. The number of benzene rings is 1. The molecule has 0 radical (unpaired) electrons. The average Bonchev–Trinajstić information content (AvgIpc) is 2.61. The summed E-state index contributed by atoms with van der Waals surface area (Å²) in [6.07, 6.45) is 3.15. The van der Waals surface area contributed by atoms with Crippen molar-refractivity contribution in [2.45, 2.75) is 0 Å². The summed E-state index contributed by atoms with van der Waals surface area (Å²) < 4.78 is 6.61. The number of para-hydroxylation sites is 1. The van der Waals surface area contributed by atoms with E-state index >= 15 is 0 Å². The number of rotatable bonds is 1. The number of amides is 1. The Morgan fingerprint density at radius 3 is 2.50 bits per heavy atom. The smallest absolute Gasteiger partial charge is 0.421 e. The van der Waals surface area contributed by atoms with Gasteiger partial charge in [0.05, 0.1) is 19.3 Å². The molecule has 0 fully saturated rings. The Morgan fingerprint density at radius 2 is 1.86 bits per heavy atom. The fourth-order valence-corrected chi connectivity index (χ4v) is 1.39. The van der Waals surface area contributed by atoms with Crippen LogP contribution in [0.3, 0.4) is 0 Å². The molecule has 3 heteroatoms. The molecule has 1 aliphatic heterocycles. The Kier molecular flexibility index (Phi) is 2.14. The molecule has 0 bridgehead atoms. The van der Waals surface area contributed by atoms with Gasteiger partial charge < -0.3 is 4.74 Å². The van der Waals surface area contributed by atoms with Crippen molar-refractivity contribution < 1.29 is 14.1 Å². The molecule has 0 unspecified atom stereocenters. The van der Waals surface area contributed by atoms with E-state index in [0.29, 0.717) is 5.90 Å². The number of carbonyl (C=O) groups excluding carboxylic acids is 1. The summed E-state index contributed by atoms with van der Waals surface area (Å²) in [6, 6.07) is 9.40. The lowest BCUT2D eigenvalue weighted by molar-refractivity contribution is -0.366. The van der Waals surface area contributed by atoms with Gasteiger partial charge in [0.2, 0.25) is 5.69 Å². The lowest BCUT2D eigenvalue weighted by Crippen LogP contribution is -2.16. The van der Waals surface area contributed by atoms with Gasteiger partial charge in [0.15, 0.2) is 0 Å². The summed E-state index contributed by atoms with van der Waals surface area (Å²) in [5.74, 6) is 0.481. The van der Waals surface area contributed by atoms with Gasteiger partial charge in [0, 0.05) is 12.1 Å². The Hall–Kier alpha value is -1.90. The van der Waals surface area contributed by atoms with Crippen LogP contribution in [-0.4, -0.2) is 23.5 Å². The van der Waals surface area contributed by atoms with Gasteiger partial charge in [0.1, 0.15) is 0 Å². The Bertz CT molecular complexity index is 418. The second kappa shape index (κ2) is 3.46. The first kappa shape index (κ1) is 8.69. The van der Waals surface area contributed by atoms with Crippen molar-refractivity contribution >= 4 is 17.5 Å². The topological polar surface area (TPSA) is 29.3 Å². The largest absolute Gasteiger partial charge is 0.447 e. The highest BCUT2D eigenvalue weighted by molar-refractivity contribution is 6.01. The van der Waals surface area contributed by atoms with Gasteiger partial charge in [-0.3, -0.25) is 0 Å². The molecule has 0 N–H and O–H groups in total. The minimum absolute atomic E-state index is 0.0759.